The molecule has 1 saturated heterocycles. The maximum absolute atomic E-state index is 15.0. The van der Waals surface area contributed by atoms with E-state index in [9.17, 15) is 19.1 Å². The van der Waals surface area contributed by atoms with E-state index < -0.39 is 28.6 Å². The van der Waals surface area contributed by atoms with Crippen LogP contribution in [-0.2, 0) is 0 Å². The first-order chi connectivity index (χ1) is 14.8. The predicted molar refractivity (Wildman–Crippen MR) is 116 cm³/mol. The van der Waals surface area contributed by atoms with Gasteiger partial charge in [0, 0.05) is 50.0 Å². The lowest BCUT2D eigenvalue weighted by molar-refractivity contribution is 0.0695. The lowest BCUT2D eigenvalue weighted by atomic mass is 10.1. The summed E-state index contributed by atoms with van der Waals surface area (Å²) < 4.78 is 30.5. The highest BCUT2D eigenvalue weighted by Gasteiger charge is 2.23. The average Bonchev–Trinajstić information content (AvgIpc) is 2.74. The number of carboxylic acids is 1. The number of halogens is 2. The largest absolute Gasteiger partial charge is 0.477 e. The van der Waals surface area contributed by atoms with Crippen LogP contribution in [0.5, 0.6) is 0 Å². The van der Waals surface area contributed by atoms with Crippen LogP contribution in [0, 0.1) is 11.6 Å². The lowest BCUT2D eigenvalue weighted by Crippen LogP contribution is -2.49. The van der Waals surface area contributed by atoms with Gasteiger partial charge in [0.25, 0.3) is 0 Å². The molecule has 0 saturated carbocycles. The summed E-state index contributed by atoms with van der Waals surface area (Å²) in [6.45, 7) is 3.86. The maximum atomic E-state index is 15.0. The monoisotopic (exact) mass is 428 g/mol. The molecule has 1 aromatic heterocycles. The van der Waals surface area contributed by atoms with Gasteiger partial charge >= 0.3 is 5.97 Å². The van der Waals surface area contributed by atoms with E-state index in [0.717, 1.165) is 6.07 Å². The average molecular weight is 428 g/mol. The van der Waals surface area contributed by atoms with Crippen LogP contribution in [0.25, 0.3) is 16.6 Å². The van der Waals surface area contributed by atoms with E-state index in [1.54, 1.807) is 13.1 Å². The molecule has 1 atom stereocenters. The number of hydrogen-bond donors (Lipinski definition) is 3. The molecule has 4 rings (SSSR count). The summed E-state index contributed by atoms with van der Waals surface area (Å²) in [4.78, 5) is 26.3. The molecule has 7 nitrogen and oxygen atoms in total. The third-order valence-corrected chi connectivity index (χ3v) is 5.51. The van der Waals surface area contributed by atoms with Crippen molar-refractivity contribution in [3.8, 4) is 5.69 Å². The van der Waals surface area contributed by atoms with Crippen LogP contribution in [0.1, 0.15) is 17.3 Å². The Balaban J connectivity index is 2.01. The second-order valence-electron chi connectivity index (χ2n) is 7.58. The number of nitrogens with one attached hydrogen (secondary N) is 2. The summed E-state index contributed by atoms with van der Waals surface area (Å²) in [6, 6.07) is 7.02. The van der Waals surface area contributed by atoms with Crippen LogP contribution in [0.2, 0.25) is 0 Å². The van der Waals surface area contributed by atoms with Gasteiger partial charge < -0.3 is 25.2 Å². The van der Waals surface area contributed by atoms with Crippen LogP contribution in [0.15, 0.2) is 41.3 Å². The molecule has 3 N–H and O–H groups in total. The molecule has 9 heteroatoms. The van der Waals surface area contributed by atoms with Gasteiger partial charge in [-0.05, 0) is 37.3 Å². The lowest BCUT2D eigenvalue weighted by Gasteiger charge is -2.34. The SMILES string of the molecule is CNc1cc(-n2cc(C(=O)O)c(=O)c3cc(F)c(N4CCNC(C)C4)cc32)ccc1F. The molecule has 2 aromatic carbocycles. The number of pyridine rings is 1. The predicted octanol–water partition coefficient (Wildman–Crippen LogP) is 2.81. The minimum atomic E-state index is -1.42. The van der Waals surface area contributed by atoms with Crippen molar-refractivity contribution in [2.45, 2.75) is 13.0 Å². The van der Waals surface area contributed by atoms with Gasteiger partial charge in [-0.1, -0.05) is 0 Å². The number of rotatable bonds is 4. The Morgan fingerprint density at radius 2 is 2.00 bits per heavy atom. The highest BCUT2D eigenvalue weighted by molar-refractivity contribution is 5.94. The van der Waals surface area contributed by atoms with Crippen molar-refractivity contribution in [3.05, 3.63) is 63.9 Å². The standard InChI is InChI=1S/C22H22F2N4O3/c1-12-10-27(6-5-26-12)20-9-19-14(8-17(20)24)21(29)15(22(30)31)11-28(19)13-3-4-16(23)18(7-13)25-2/h3-4,7-9,11-12,25-26H,5-6,10H2,1-2H3,(H,30,31). The second kappa shape index (κ2) is 7.99. The van der Waals surface area contributed by atoms with Crippen LogP contribution in [0.3, 0.4) is 0 Å². The minimum absolute atomic E-state index is 0.0559. The number of anilines is 2. The van der Waals surface area contributed by atoms with Crippen molar-refractivity contribution in [2.75, 3.05) is 36.9 Å². The molecule has 1 aliphatic rings. The Kier molecular flexibility index (Phi) is 5.36. The van der Waals surface area contributed by atoms with Gasteiger partial charge in [-0.3, -0.25) is 4.79 Å². The summed E-state index contributed by atoms with van der Waals surface area (Å²) in [5, 5.41) is 15.5. The van der Waals surface area contributed by atoms with E-state index >= 15 is 4.39 Å². The molecular weight excluding hydrogens is 406 g/mol. The number of aromatic carboxylic acids is 1. The summed E-state index contributed by atoms with van der Waals surface area (Å²) in [5.74, 6) is -2.49. The highest BCUT2D eigenvalue weighted by atomic mass is 19.1. The Bertz CT molecular complexity index is 1240. The van der Waals surface area contributed by atoms with Gasteiger partial charge in [0.15, 0.2) is 0 Å². The van der Waals surface area contributed by atoms with E-state index in [1.807, 2.05) is 11.8 Å². The van der Waals surface area contributed by atoms with Crippen molar-refractivity contribution >= 4 is 28.2 Å². The fraction of sp³-hybridized carbons (Fsp3) is 0.273. The van der Waals surface area contributed by atoms with E-state index in [0.29, 0.717) is 36.5 Å². The number of piperazine rings is 1. The van der Waals surface area contributed by atoms with Crippen molar-refractivity contribution < 1.29 is 18.7 Å². The molecule has 0 radical (unpaired) electrons. The number of carbonyl (C=O) groups is 1. The van der Waals surface area contributed by atoms with Crippen molar-refractivity contribution in [2.24, 2.45) is 0 Å². The quantitative estimate of drug-likeness (QED) is 0.593. The number of benzene rings is 2. The topological polar surface area (TPSA) is 86.6 Å². The summed E-state index contributed by atoms with van der Waals surface area (Å²) in [5.41, 5.74) is 0.0443. The Morgan fingerprint density at radius 3 is 2.68 bits per heavy atom. The zero-order chi connectivity index (χ0) is 22.3. The van der Waals surface area contributed by atoms with Crippen LogP contribution in [-0.4, -0.2) is 48.4 Å². The number of fused-ring (bicyclic) bond motifs is 1. The summed E-state index contributed by atoms with van der Waals surface area (Å²) in [7, 11) is 1.56. The first-order valence-electron chi connectivity index (χ1n) is 9.88. The molecule has 0 spiro atoms. The molecule has 0 aliphatic carbocycles. The summed E-state index contributed by atoms with van der Waals surface area (Å²) >= 11 is 0. The zero-order valence-corrected chi connectivity index (χ0v) is 17.1. The number of nitrogens with zero attached hydrogens (tertiary/aromatic N) is 2. The Labute approximate surface area is 176 Å². The fourth-order valence-corrected chi connectivity index (χ4v) is 3.95. The zero-order valence-electron chi connectivity index (χ0n) is 17.1. The third kappa shape index (κ3) is 3.72. The van der Waals surface area contributed by atoms with Crippen LogP contribution < -0.4 is 21.0 Å². The molecule has 162 valence electrons. The van der Waals surface area contributed by atoms with Gasteiger partial charge in [0.2, 0.25) is 5.43 Å². The molecule has 3 aromatic rings. The number of aromatic nitrogens is 1. The molecule has 1 fully saturated rings. The molecule has 2 heterocycles. The molecule has 0 bridgehead atoms. The molecule has 31 heavy (non-hydrogen) atoms. The van der Waals surface area contributed by atoms with Gasteiger partial charge in [-0.2, -0.15) is 0 Å². The first kappa shape index (κ1) is 20.8. The molecule has 1 aliphatic heterocycles. The minimum Gasteiger partial charge on any atom is -0.477 e. The molecular formula is C22H22F2N4O3. The van der Waals surface area contributed by atoms with E-state index in [4.69, 9.17) is 0 Å². The maximum Gasteiger partial charge on any atom is 0.341 e. The fourth-order valence-electron chi connectivity index (χ4n) is 3.95. The van der Waals surface area contributed by atoms with Gasteiger partial charge in [-0.15, -0.1) is 0 Å². The van der Waals surface area contributed by atoms with E-state index in [1.165, 1.54) is 29.0 Å². The van der Waals surface area contributed by atoms with Crippen LogP contribution in [0.4, 0.5) is 20.2 Å². The Morgan fingerprint density at radius 1 is 1.23 bits per heavy atom. The van der Waals surface area contributed by atoms with E-state index in [2.05, 4.69) is 10.6 Å². The smallest absolute Gasteiger partial charge is 0.341 e. The van der Waals surface area contributed by atoms with Crippen molar-refractivity contribution in [1.82, 2.24) is 9.88 Å². The van der Waals surface area contributed by atoms with Gasteiger partial charge in [0.1, 0.15) is 17.2 Å². The first-order valence-corrected chi connectivity index (χ1v) is 9.88. The van der Waals surface area contributed by atoms with Gasteiger partial charge in [0.05, 0.1) is 16.9 Å². The van der Waals surface area contributed by atoms with Crippen molar-refractivity contribution in [1.29, 1.82) is 0 Å². The van der Waals surface area contributed by atoms with Crippen molar-refractivity contribution in [3.63, 3.8) is 0 Å². The van der Waals surface area contributed by atoms with Gasteiger partial charge in [-0.25, -0.2) is 13.6 Å². The second-order valence-corrected chi connectivity index (χ2v) is 7.58. The normalized spacial score (nSPS) is 16.5. The number of hydrogen-bond acceptors (Lipinski definition) is 5. The molecule has 1 unspecified atom stereocenters. The number of carboxylic acid groups (broad SMARTS) is 1. The van der Waals surface area contributed by atoms with Crippen LogP contribution >= 0.6 is 0 Å². The van der Waals surface area contributed by atoms with E-state index in [-0.39, 0.29) is 17.1 Å². The molecule has 0 amide bonds. The Hall–Kier alpha value is -3.46. The summed E-state index contributed by atoms with van der Waals surface area (Å²) in [6.07, 6.45) is 1.20. The highest BCUT2D eigenvalue weighted by Crippen LogP contribution is 2.29. The third-order valence-electron chi connectivity index (χ3n) is 5.51.